The van der Waals surface area contributed by atoms with Gasteiger partial charge < -0.3 is 14.6 Å². The monoisotopic (exact) mass is 330 g/mol. The predicted molar refractivity (Wildman–Crippen MR) is 74.1 cm³/mol. The Bertz CT molecular complexity index is 419. The van der Waals surface area contributed by atoms with Crippen molar-refractivity contribution >= 4 is 46.4 Å². The maximum atomic E-state index is 9.12. The summed E-state index contributed by atoms with van der Waals surface area (Å²) >= 11 is 22.8. The van der Waals surface area contributed by atoms with E-state index in [-0.39, 0.29) is 26.9 Å². The van der Waals surface area contributed by atoms with Gasteiger partial charge >= 0.3 is 0 Å². The van der Waals surface area contributed by atoms with E-state index in [0.29, 0.717) is 5.75 Å². The molecule has 0 aliphatic rings. The molecule has 100 valence electrons. The summed E-state index contributed by atoms with van der Waals surface area (Å²) in [7, 11) is 0. The molecule has 0 aliphatic carbocycles. The Morgan fingerprint density at radius 3 is 2.33 bits per heavy atom. The van der Waals surface area contributed by atoms with Crippen molar-refractivity contribution in [3.63, 3.8) is 0 Å². The number of ether oxygens (including phenoxy) is 2. The average molecular weight is 332 g/mol. The molecule has 0 heterocycles. The topological polar surface area (TPSA) is 38.7 Å². The first-order chi connectivity index (χ1) is 8.40. The fraction of sp³-hybridized carbons (Fsp3) is 0.273. The number of rotatable bonds is 5. The van der Waals surface area contributed by atoms with Crippen LogP contribution < -0.4 is 9.47 Å². The van der Waals surface area contributed by atoms with E-state index in [1.54, 1.807) is 0 Å². The quantitative estimate of drug-likeness (QED) is 0.812. The molecule has 1 aromatic rings. The second kappa shape index (κ2) is 7.31. The molecular formula is C11H10Cl4O3. The van der Waals surface area contributed by atoms with Crippen LogP contribution in [0.3, 0.4) is 0 Å². The van der Waals surface area contributed by atoms with Crippen LogP contribution in [-0.2, 0) is 0 Å². The molecule has 0 fully saturated rings. The van der Waals surface area contributed by atoms with Crippen LogP contribution >= 0.6 is 46.4 Å². The zero-order valence-electron chi connectivity index (χ0n) is 9.29. The van der Waals surface area contributed by atoms with E-state index in [0.717, 1.165) is 0 Å². The third-order valence-corrected chi connectivity index (χ3v) is 2.62. The summed E-state index contributed by atoms with van der Waals surface area (Å²) in [6.07, 6.45) is 0.468. The maximum Gasteiger partial charge on any atom is 0.194 e. The molecule has 1 aromatic carbocycles. The first-order valence-corrected chi connectivity index (χ1v) is 6.39. The fourth-order valence-electron chi connectivity index (χ4n) is 1.10. The highest BCUT2D eigenvalue weighted by Crippen LogP contribution is 2.37. The molecule has 1 N–H and O–H groups in total. The van der Waals surface area contributed by atoms with Gasteiger partial charge in [-0.15, -0.1) is 0 Å². The molecule has 1 unspecified atom stereocenters. The predicted octanol–water partition coefficient (Wildman–Crippen LogP) is 4.41. The number of aliphatic hydroxyl groups is 1. The average Bonchev–Trinajstić information content (AvgIpc) is 2.22. The van der Waals surface area contributed by atoms with Gasteiger partial charge in [0, 0.05) is 12.1 Å². The number of halogens is 4. The standard InChI is InChI=1S/C11H10Cl4O3/c1-6(16)18-11-8(12)4-7(5-9(11)13)17-3-2-10(14)15/h2,4-6,16H,3H2,1H3. The van der Waals surface area contributed by atoms with Crippen LogP contribution in [0.5, 0.6) is 11.5 Å². The summed E-state index contributed by atoms with van der Waals surface area (Å²) in [6.45, 7) is 1.63. The number of aliphatic hydroxyl groups excluding tert-OH is 1. The van der Waals surface area contributed by atoms with Crippen LogP contribution in [-0.4, -0.2) is 18.0 Å². The van der Waals surface area contributed by atoms with Crippen LogP contribution in [0.1, 0.15) is 6.92 Å². The molecule has 0 saturated carbocycles. The van der Waals surface area contributed by atoms with Gasteiger partial charge in [0.15, 0.2) is 12.0 Å². The van der Waals surface area contributed by atoms with E-state index in [2.05, 4.69) is 0 Å². The molecule has 0 saturated heterocycles. The minimum Gasteiger partial charge on any atom is -0.489 e. The van der Waals surface area contributed by atoms with Crippen molar-refractivity contribution in [2.45, 2.75) is 13.2 Å². The highest BCUT2D eigenvalue weighted by molar-refractivity contribution is 6.55. The highest BCUT2D eigenvalue weighted by Gasteiger charge is 2.12. The molecule has 0 radical (unpaired) electrons. The Hall–Kier alpha value is -0.320. The van der Waals surface area contributed by atoms with Crippen LogP contribution in [0.25, 0.3) is 0 Å². The normalized spacial score (nSPS) is 11.9. The highest BCUT2D eigenvalue weighted by atomic mass is 35.5. The second-order valence-electron chi connectivity index (χ2n) is 3.24. The smallest absolute Gasteiger partial charge is 0.194 e. The zero-order valence-corrected chi connectivity index (χ0v) is 12.3. The maximum absolute atomic E-state index is 9.12. The van der Waals surface area contributed by atoms with Gasteiger partial charge in [-0.05, 0) is 13.0 Å². The molecule has 0 spiro atoms. The Kier molecular flexibility index (Phi) is 6.39. The minimum atomic E-state index is -1.01. The lowest BCUT2D eigenvalue weighted by molar-refractivity contribution is -0.000197. The van der Waals surface area contributed by atoms with Crippen LogP contribution in [0, 0.1) is 0 Å². The van der Waals surface area contributed by atoms with Crippen molar-refractivity contribution in [1.82, 2.24) is 0 Å². The van der Waals surface area contributed by atoms with Crippen molar-refractivity contribution in [1.29, 1.82) is 0 Å². The first-order valence-electron chi connectivity index (χ1n) is 4.88. The molecule has 18 heavy (non-hydrogen) atoms. The van der Waals surface area contributed by atoms with Gasteiger partial charge in [-0.25, -0.2) is 0 Å². The minimum absolute atomic E-state index is 0.112. The summed E-state index contributed by atoms with van der Waals surface area (Å²) in [5.74, 6) is 0.639. The lowest BCUT2D eigenvalue weighted by Crippen LogP contribution is -2.10. The lowest BCUT2D eigenvalue weighted by atomic mass is 10.3. The summed E-state index contributed by atoms with van der Waals surface area (Å²) in [5, 5.41) is 9.59. The third-order valence-electron chi connectivity index (χ3n) is 1.75. The molecule has 7 heteroatoms. The van der Waals surface area contributed by atoms with E-state index in [4.69, 9.17) is 61.0 Å². The van der Waals surface area contributed by atoms with E-state index in [1.807, 2.05) is 0 Å². The SMILES string of the molecule is CC(O)Oc1c(Cl)cc(OCC=C(Cl)Cl)cc1Cl. The molecule has 0 amide bonds. The van der Waals surface area contributed by atoms with E-state index < -0.39 is 6.29 Å². The van der Waals surface area contributed by atoms with Gasteiger partial charge in [0.05, 0.1) is 10.0 Å². The van der Waals surface area contributed by atoms with Gasteiger partial charge in [-0.2, -0.15) is 0 Å². The molecule has 0 bridgehead atoms. The first kappa shape index (κ1) is 15.7. The van der Waals surface area contributed by atoms with Gasteiger partial charge in [-0.3, -0.25) is 0 Å². The van der Waals surface area contributed by atoms with Crippen molar-refractivity contribution in [2.75, 3.05) is 6.61 Å². The largest absolute Gasteiger partial charge is 0.489 e. The van der Waals surface area contributed by atoms with E-state index >= 15 is 0 Å². The van der Waals surface area contributed by atoms with Gasteiger partial charge in [0.25, 0.3) is 0 Å². The zero-order chi connectivity index (χ0) is 13.7. The summed E-state index contributed by atoms with van der Waals surface area (Å²) < 4.78 is 10.5. The number of benzene rings is 1. The summed E-state index contributed by atoms with van der Waals surface area (Å²) in [6, 6.07) is 3.03. The molecular weight excluding hydrogens is 322 g/mol. The molecule has 0 aliphatic heterocycles. The van der Waals surface area contributed by atoms with E-state index in [1.165, 1.54) is 25.1 Å². The third kappa shape index (κ3) is 5.12. The van der Waals surface area contributed by atoms with Crippen molar-refractivity contribution in [3.05, 3.63) is 32.7 Å². The van der Waals surface area contributed by atoms with Crippen molar-refractivity contribution in [2.24, 2.45) is 0 Å². The Labute approximate surface area is 125 Å². The van der Waals surface area contributed by atoms with Crippen LogP contribution in [0.4, 0.5) is 0 Å². The van der Waals surface area contributed by atoms with Crippen LogP contribution in [0.2, 0.25) is 10.0 Å². The molecule has 1 rings (SSSR count). The van der Waals surface area contributed by atoms with Gasteiger partial charge in [0.2, 0.25) is 0 Å². The Morgan fingerprint density at radius 1 is 1.33 bits per heavy atom. The van der Waals surface area contributed by atoms with Gasteiger partial charge in [0.1, 0.15) is 16.8 Å². The summed E-state index contributed by atoms with van der Waals surface area (Å²) in [5.41, 5.74) is 0. The Morgan fingerprint density at radius 2 is 1.89 bits per heavy atom. The summed E-state index contributed by atoms with van der Waals surface area (Å²) in [4.78, 5) is 0. The van der Waals surface area contributed by atoms with Crippen molar-refractivity contribution < 1.29 is 14.6 Å². The van der Waals surface area contributed by atoms with E-state index in [9.17, 15) is 0 Å². The number of hydrogen-bond donors (Lipinski definition) is 1. The van der Waals surface area contributed by atoms with Gasteiger partial charge in [-0.1, -0.05) is 46.4 Å². The molecule has 1 atom stereocenters. The second-order valence-corrected chi connectivity index (χ2v) is 5.06. The fourth-order valence-corrected chi connectivity index (χ4v) is 1.79. The van der Waals surface area contributed by atoms with Crippen LogP contribution in [0.15, 0.2) is 22.7 Å². The lowest BCUT2D eigenvalue weighted by Gasteiger charge is -2.13. The molecule has 0 aromatic heterocycles. The molecule has 3 nitrogen and oxygen atoms in total. The Balaban J connectivity index is 2.82. The van der Waals surface area contributed by atoms with Crippen molar-refractivity contribution in [3.8, 4) is 11.5 Å². The number of hydrogen-bond acceptors (Lipinski definition) is 3.